The van der Waals surface area contributed by atoms with E-state index in [-0.39, 0.29) is 18.4 Å². The Kier molecular flexibility index (Phi) is 6.29. The number of hydrogen-bond acceptors (Lipinski definition) is 3. The molecule has 5 nitrogen and oxygen atoms in total. The van der Waals surface area contributed by atoms with Crippen molar-refractivity contribution < 1.29 is 8.42 Å². The highest BCUT2D eigenvalue weighted by Gasteiger charge is 2.41. The Morgan fingerprint density at radius 2 is 1.60 bits per heavy atom. The molecule has 0 amide bonds. The number of nitrogens with zero attached hydrogens (tertiary/aromatic N) is 2. The van der Waals surface area contributed by atoms with Crippen LogP contribution in [0, 0.1) is 17.8 Å². The molecule has 2 N–H and O–H groups in total. The molecule has 2 aliphatic heterocycles. The van der Waals surface area contributed by atoms with Crippen molar-refractivity contribution in [2.24, 2.45) is 23.5 Å². The zero-order chi connectivity index (χ0) is 14.2. The number of nitrogens with two attached hydrogens (primary N) is 1. The van der Waals surface area contributed by atoms with E-state index in [1.54, 1.807) is 8.61 Å². The Bertz CT molecular complexity index is 408. The van der Waals surface area contributed by atoms with E-state index in [0.717, 1.165) is 12.8 Å². The van der Waals surface area contributed by atoms with Gasteiger partial charge >= 0.3 is 0 Å². The molecule has 2 saturated heterocycles. The molecule has 2 heterocycles. The largest absolute Gasteiger partial charge is 0.330 e. The van der Waals surface area contributed by atoms with Crippen LogP contribution in [0.5, 0.6) is 0 Å². The molecule has 0 aromatic heterocycles. The summed E-state index contributed by atoms with van der Waals surface area (Å²) in [6.07, 6.45) is 2.00. The van der Waals surface area contributed by atoms with Crippen LogP contribution in [0.3, 0.4) is 0 Å². The number of piperidine rings is 1. The van der Waals surface area contributed by atoms with E-state index in [2.05, 4.69) is 13.8 Å². The average Bonchev–Trinajstić information content (AvgIpc) is 2.70. The predicted molar refractivity (Wildman–Crippen MR) is 84.0 cm³/mol. The zero-order valence-electron chi connectivity index (χ0n) is 12.7. The summed E-state index contributed by atoms with van der Waals surface area (Å²) >= 11 is 0. The molecule has 7 heteroatoms. The molecule has 0 radical (unpaired) electrons. The van der Waals surface area contributed by atoms with Crippen molar-refractivity contribution >= 4 is 22.6 Å². The van der Waals surface area contributed by atoms with Crippen molar-refractivity contribution in [3.8, 4) is 0 Å². The van der Waals surface area contributed by atoms with Crippen LogP contribution in [0.1, 0.15) is 33.6 Å². The smallest absolute Gasteiger partial charge is 0.282 e. The SMILES string of the molecule is CC1CC(C)CN(S(=O)(=O)N2CC(CN)CC2C)C1.Cl. The highest BCUT2D eigenvalue weighted by atomic mass is 35.5. The van der Waals surface area contributed by atoms with E-state index in [0.29, 0.717) is 43.9 Å². The normalized spacial score (nSPS) is 36.8. The molecule has 4 atom stereocenters. The minimum atomic E-state index is -3.31. The van der Waals surface area contributed by atoms with Crippen LogP contribution in [0.15, 0.2) is 0 Å². The molecular formula is C13H28ClN3O2S. The third-order valence-electron chi connectivity index (χ3n) is 4.40. The molecule has 0 aromatic carbocycles. The Hall–Kier alpha value is 0.120. The van der Waals surface area contributed by atoms with Crippen LogP contribution in [-0.4, -0.2) is 49.2 Å². The van der Waals surface area contributed by atoms with Crippen molar-refractivity contribution in [1.82, 2.24) is 8.61 Å². The molecule has 2 rings (SSSR count). The van der Waals surface area contributed by atoms with E-state index in [9.17, 15) is 8.42 Å². The first-order valence-corrected chi connectivity index (χ1v) is 8.71. The lowest BCUT2D eigenvalue weighted by Gasteiger charge is -2.37. The molecular weight excluding hydrogens is 298 g/mol. The summed E-state index contributed by atoms with van der Waals surface area (Å²) in [7, 11) is -3.31. The van der Waals surface area contributed by atoms with Gasteiger partial charge in [-0.1, -0.05) is 13.8 Å². The van der Waals surface area contributed by atoms with Crippen LogP contribution >= 0.6 is 12.4 Å². The second kappa shape index (κ2) is 6.92. The first-order valence-electron chi connectivity index (χ1n) is 7.31. The van der Waals surface area contributed by atoms with Gasteiger partial charge < -0.3 is 5.73 Å². The standard InChI is InChI=1S/C13H27N3O2S.ClH/c1-10-4-11(2)8-15(7-10)19(17,18)16-9-13(6-14)5-12(16)3;/h10-13H,4-9,14H2,1-3H3;1H. The first kappa shape index (κ1) is 18.2. The quantitative estimate of drug-likeness (QED) is 0.850. The molecule has 2 aliphatic rings. The number of halogens is 1. The summed E-state index contributed by atoms with van der Waals surface area (Å²) < 4.78 is 28.9. The Labute approximate surface area is 129 Å². The Balaban J connectivity index is 0.00000200. The monoisotopic (exact) mass is 325 g/mol. The average molecular weight is 326 g/mol. The lowest BCUT2D eigenvalue weighted by molar-refractivity contribution is 0.207. The van der Waals surface area contributed by atoms with Gasteiger partial charge in [-0.2, -0.15) is 17.0 Å². The van der Waals surface area contributed by atoms with Gasteiger partial charge in [-0.05, 0) is 44.1 Å². The van der Waals surface area contributed by atoms with Crippen LogP contribution in [0.2, 0.25) is 0 Å². The topological polar surface area (TPSA) is 66.6 Å². The minimum Gasteiger partial charge on any atom is -0.330 e. The van der Waals surface area contributed by atoms with Crippen molar-refractivity contribution in [2.75, 3.05) is 26.2 Å². The summed E-state index contributed by atoms with van der Waals surface area (Å²) in [6.45, 7) is 8.72. The fraction of sp³-hybridized carbons (Fsp3) is 1.00. The van der Waals surface area contributed by atoms with Gasteiger partial charge in [0.2, 0.25) is 0 Å². The molecule has 20 heavy (non-hydrogen) atoms. The third-order valence-corrected chi connectivity index (χ3v) is 6.45. The first-order chi connectivity index (χ1) is 8.84. The van der Waals surface area contributed by atoms with Crippen molar-refractivity contribution in [3.05, 3.63) is 0 Å². The lowest BCUT2D eigenvalue weighted by atomic mass is 9.94. The molecule has 0 aromatic rings. The van der Waals surface area contributed by atoms with Crippen LogP contribution in [0.25, 0.3) is 0 Å². The van der Waals surface area contributed by atoms with Crippen LogP contribution in [-0.2, 0) is 10.2 Å². The van der Waals surface area contributed by atoms with Crippen LogP contribution in [0.4, 0.5) is 0 Å². The second-order valence-corrected chi connectivity index (χ2v) is 8.41. The third kappa shape index (κ3) is 3.65. The Morgan fingerprint density at radius 1 is 1.05 bits per heavy atom. The van der Waals surface area contributed by atoms with Crippen LogP contribution < -0.4 is 5.73 Å². The summed E-state index contributed by atoms with van der Waals surface area (Å²) in [4.78, 5) is 0. The van der Waals surface area contributed by atoms with Gasteiger partial charge in [0.25, 0.3) is 10.2 Å². The van der Waals surface area contributed by atoms with Crippen molar-refractivity contribution in [2.45, 2.75) is 39.7 Å². The highest BCUT2D eigenvalue weighted by Crippen LogP contribution is 2.30. The van der Waals surface area contributed by atoms with Gasteiger partial charge in [0.1, 0.15) is 0 Å². The molecule has 2 fully saturated rings. The van der Waals surface area contributed by atoms with Gasteiger partial charge in [0, 0.05) is 25.7 Å². The molecule has 0 saturated carbocycles. The van der Waals surface area contributed by atoms with Crippen molar-refractivity contribution in [3.63, 3.8) is 0 Å². The van der Waals surface area contributed by atoms with Gasteiger partial charge in [-0.25, -0.2) is 0 Å². The maximum Gasteiger partial charge on any atom is 0.282 e. The van der Waals surface area contributed by atoms with E-state index >= 15 is 0 Å². The van der Waals surface area contributed by atoms with Gasteiger partial charge in [-0.15, -0.1) is 12.4 Å². The summed E-state index contributed by atoms with van der Waals surface area (Å²) in [5, 5.41) is 0. The van der Waals surface area contributed by atoms with E-state index in [1.807, 2.05) is 6.92 Å². The molecule has 0 spiro atoms. The van der Waals surface area contributed by atoms with E-state index in [1.165, 1.54) is 0 Å². The molecule has 0 bridgehead atoms. The fourth-order valence-electron chi connectivity index (χ4n) is 3.54. The fourth-order valence-corrected chi connectivity index (χ4v) is 5.67. The lowest BCUT2D eigenvalue weighted by Crippen LogP contribution is -2.50. The highest BCUT2D eigenvalue weighted by molar-refractivity contribution is 7.86. The maximum absolute atomic E-state index is 12.8. The minimum absolute atomic E-state index is 0. The summed E-state index contributed by atoms with van der Waals surface area (Å²) in [5.74, 6) is 1.20. The summed E-state index contributed by atoms with van der Waals surface area (Å²) in [6, 6.07) is 0.0751. The van der Waals surface area contributed by atoms with Gasteiger partial charge in [0.15, 0.2) is 0 Å². The van der Waals surface area contributed by atoms with Gasteiger partial charge in [-0.3, -0.25) is 0 Å². The zero-order valence-corrected chi connectivity index (χ0v) is 14.3. The van der Waals surface area contributed by atoms with E-state index < -0.39 is 10.2 Å². The van der Waals surface area contributed by atoms with Gasteiger partial charge in [0.05, 0.1) is 0 Å². The van der Waals surface area contributed by atoms with E-state index in [4.69, 9.17) is 5.73 Å². The molecule has 120 valence electrons. The Morgan fingerprint density at radius 3 is 2.05 bits per heavy atom. The van der Waals surface area contributed by atoms with Crippen molar-refractivity contribution in [1.29, 1.82) is 0 Å². The maximum atomic E-state index is 12.8. The molecule has 0 aliphatic carbocycles. The number of rotatable bonds is 3. The molecule has 4 unspecified atom stereocenters. The number of hydrogen-bond donors (Lipinski definition) is 1. The predicted octanol–water partition coefficient (Wildman–Crippen LogP) is 1.30. The summed E-state index contributed by atoms with van der Waals surface area (Å²) in [5.41, 5.74) is 5.69. The second-order valence-electron chi connectivity index (χ2n) is 6.53.